The van der Waals surface area contributed by atoms with E-state index in [1.165, 1.54) is 12.1 Å². The fourth-order valence-corrected chi connectivity index (χ4v) is 3.71. The smallest absolute Gasteiger partial charge is 0.258 e. The third-order valence-electron chi connectivity index (χ3n) is 3.58. The molecule has 0 spiro atoms. The highest BCUT2D eigenvalue weighted by Crippen LogP contribution is 2.23. The number of benzene rings is 2. The van der Waals surface area contributed by atoms with Crippen molar-refractivity contribution in [2.24, 2.45) is 0 Å². The van der Waals surface area contributed by atoms with Gasteiger partial charge in [0.2, 0.25) is 10.0 Å². The highest BCUT2D eigenvalue weighted by atomic mass is 32.2. The molecule has 2 aromatic rings. The lowest BCUT2D eigenvalue weighted by Gasteiger charge is -2.16. The summed E-state index contributed by atoms with van der Waals surface area (Å²) in [6, 6.07) is 10.9. The van der Waals surface area contributed by atoms with Crippen LogP contribution in [0, 0.1) is 24.0 Å². The number of sulfonamides is 1. The van der Waals surface area contributed by atoms with Gasteiger partial charge in [-0.25, -0.2) is 13.1 Å². The summed E-state index contributed by atoms with van der Waals surface area (Å²) in [5, 5.41) is 10.9. The van der Waals surface area contributed by atoms with Gasteiger partial charge in [0.05, 0.1) is 9.82 Å². The molecule has 0 saturated heterocycles. The average Bonchev–Trinajstić information content (AvgIpc) is 2.47. The summed E-state index contributed by atoms with van der Waals surface area (Å²) >= 11 is 0. The van der Waals surface area contributed by atoms with Crippen molar-refractivity contribution in [2.45, 2.75) is 31.7 Å². The molecule has 0 aliphatic rings. The van der Waals surface area contributed by atoms with Crippen LogP contribution in [0.25, 0.3) is 0 Å². The van der Waals surface area contributed by atoms with E-state index in [2.05, 4.69) is 4.72 Å². The van der Waals surface area contributed by atoms with Gasteiger partial charge in [-0.1, -0.05) is 35.9 Å². The average molecular weight is 334 g/mol. The van der Waals surface area contributed by atoms with Gasteiger partial charge in [0.25, 0.3) is 5.69 Å². The lowest BCUT2D eigenvalue weighted by molar-refractivity contribution is -0.385. The minimum absolute atomic E-state index is 0.0781. The van der Waals surface area contributed by atoms with E-state index in [-0.39, 0.29) is 10.6 Å². The summed E-state index contributed by atoms with van der Waals surface area (Å²) in [5.74, 6) is 0. The molecule has 0 fully saturated rings. The Labute approximate surface area is 135 Å². The second-order valence-electron chi connectivity index (χ2n) is 5.46. The van der Waals surface area contributed by atoms with E-state index in [1.54, 1.807) is 13.8 Å². The predicted octanol–water partition coefficient (Wildman–Crippen LogP) is 3.25. The maximum atomic E-state index is 12.5. The largest absolute Gasteiger partial charge is 0.270 e. The van der Waals surface area contributed by atoms with Crippen LogP contribution >= 0.6 is 0 Å². The van der Waals surface area contributed by atoms with Crippen LogP contribution in [0.4, 0.5) is 5.69 Å². The Balaban J connectivity index is 2.33. The number of nitrogens with zero attached hydrogens (tertiary/aromatic N) is 1. The first-order valence-electron chi connectivity index (χ1n) is 7.04. The molecule has 23 heavy (non-hydrogen) atoms. The van der Waals surface area contributed by atoms with Crippen LogP contribution in [-0.2, 0) is 10.0 Å². The molecule has 0 aliphatic carbocycles. The van der Waals surface area contributed by atoms with Crippen LogP contribution in [0.5, 0.6) is 0 Å². The summed E-state index contributed by atoms with van der Waals surface area (Å²) in [4.78, 5) is 10.2. The molecule has 0 aromatic heterocycles. The maximum Gasteiger partial charge on any atom is 0.270 e. The number of non-ortho nitro benzene ring substituents is 1. The minimum atomic E-state index is -3.86. The molecular weight excluding hydrogens is 316 g/mol. The Hall–Kier alpha value is -2.25. The van der Waals surface area contributed by atoms with E-state index < -0.39 is 21.0 Å². The predicted molar refractivity (Wildman–Crippen MR) is 87.7 cm³/mol. The number of rotatable bonds is 5. The molecule has 0 amide bonds. The van der Waals surface area contributed by atoms with Crippen molar-refractivity contribution in [2.75, 3.05) is 0 Å². The Morgan fingerprint density at radius 1 is 1.09 bits per heavy atom. The summed E-state index contributed by atoms with van der Waals surface area (Å²) in [5.41, 5.74) is 2.11. The standard InChI is InChI=1S/C16H18N2O4S/c1-11-4-7-14(8-5-11)13(3)17-23(21,22)16-10-15(18(19)20)9-6-12(16)2/h4-10,13,17H,1-3H3/t13-/m0/s1. The van der Waals surface area contributed by atoms with E-state index in [1.807, 2.05) is 31.2 Å². The molecule has 0 radical (unpaired) electrons. The Morgan fingerprint density at radius 3 is 2.26 bits per heavy atom. The van der Waals surface area contributed by atoms with Gasteiger partial charge < -0.3 is 0 Å². The van der Waals surface area contributed by atoms with Crippen LogP contribution in [0.3, 0.4) is 0 Å². The summed E-state index contributed by atoms with van der Waals surface area (Å²) < 4.78 is 27.7. The van der Waals surface area contributed by atoms with Crippen molar-refractivity contribution in [3.63, 3.8) is 0 Å². The van der Waals surface area contributed by atoms with Gasteiger partial charge in [-0.05, 0) is 31.9 Å². The molecule has 0 bridgehead atoms. The van der Waals surface area contributed by atoms with Gasteiger partial charge in [-0.15, -0.1) is 0 Å². The fraction of sp³-hybridized carbons (Fsp3) is 0.250. The van der Waals surface area contributed by atoms with Crippen molar-refractivity contribution in [1.82, 2.24) is 4.72 Å². The van der Waals surface area contributed by atoms with E-state index >= 15 is 0 Å². The van der Waals surface area contributed by atoms with Crippen LogP contribution < -0.4 is 4.72 Å². The molecule has 0 aliphatic heterocycles. The van der Waals surface area contributed by atoms with Crippen molar-refractivity contribution in [3.05, 3.63) is 69.3 Å². The molecule has 7 heteroatoms. The summed E-state index contributed by atoms with van der Waals surface area (Å²) in [7, 11) is -3.86. The molecule has 1 N–H and O–H groups in total. The minimum Gasteiger partial charge on any atom is -0.258 e. The van der Waals surface area contributed by atoms with Crippen molar-refractivity contribution >= 4 is 15.7 Å². The van der Waals surface area contributed by atoms with Gasteiger partial charge >= 0.3 is 0 Å². The molecule has 6 nitrogen and oxygen atoms in total. The van der Waals surface area contributed by atoms with E-state index in [9.17, 15) is 18.5 Å². The summed E-state index contributed by atoms with van der Waals surface area (Å²) in [6.07, 6.45) is 0. The third kappa shape index (κ3) is 3.94. The van der Waals surface area contributed by atoms with Gasteiger partial charge in [0.1, 0.15) is 0 Å². The number of nitro groups is 1. The lowest BCUT2D eigenvalue weighted by atomic mass is 10.1. The van der Waals surface area contributed by atoms with Gasteiger partial charge in [0, 0.05) is 18.2 Å². The topological polar surface area (TPSA) is 89.3 Å². The first-order chi connectivity index (χ1) is 10.7. The quantitative estimate of drug-likeness (QED) is 0.671. The molecule has 0 heterocycles. The highest BCUT2D eigenvalue weighted by Gasteiger charge is 2.23. The van der Waals surface area contributed by atoms with E-state index in [0.29, 0.717) is 5.56 Å². The Kier molecular flexibility index (Phi) is 4.82. The van der Waals surface area contributed by atoms with E-state index in [0.717, 1.165) is 17.2 Å². The van der Waals surface area contributed by atoms with Crippen LogP contribution in [0.15, 0.2) is 47.4 Å². The molecule has 0 saturated carbocycles. The van der Waals surface area contributed by atoms with Crippen molar-refractivity contribution in [3.8, 4) is 0 Å². The molecule has 122 valence electrons. The third-order valence-corrected chi connectivity index (χ3v) is 5.26. The van der Waals surface area contributed by atoms with E-state index in [4.69, 9.17) is 0 Å². The highest BCUT2D eigenvalue weighted by molar-refractivity contribution is 7.89. The monoisotopic (exact) mass is 334 g/mol. The zero-order valence-electron chi connectivity index (χ0n) is 13.1. The van der Waals surface area contributed by atoms with Crippen molar-refractivity contribution < 1.29 is 13.3 Å². The SMILES string of the molecule is Cc1ccc([C@H](C)NS(=O)(=O)c2cc([N+](=O)[O-])ccc2C)cc1. The molecule has 2 rings (SSSR count). The van der Waals surface area contributed by atoms with Crippen molar-refractivity contribution in [1.29, 1.82) is 0 Å². The molecule has 0 unspecified atom stereocenters. The number of nitro benzene ring substituents is 1. The molecular formula is C16H18N2O4S. The lowest BCUT2D eigenvalue weighted by Crippen LogP contribution is -2.27. The zero-order valence-corrected chi connectivity index (χ0v) is 13.9. The summed E-state index contributed by atoms with van der Waals surface area (Å²) in [6.45, 7) is 5.29. The number of hydrogen-bond acceptors (Lipinski definition) is 4. The first kappa shape index (κ1) is 17.1. The first-order valence-corrected chi connectivity index (χ1v) is 8.53. The normalized spacial score (nSPS) is 12.8. The Morgan fingerprint density at radius 2 is 1.70 bits per heavy atom. The van der Waals surface area contributed by atoms with Crippen LogP contribution in [0.1, 0.15) is 29.7 Å². The molecule has 2 aromatic carbocycles. The number of hydrogen-bond donors (Lipinski definition) is 1. The number of nitrogens with one attached hydrogen (secondary N) is 1. The Bertz CT molecular complexity index is 830. The van der Waals surface area contributed by atoms with Crippen LogP contribution in [0.2, 0.25) is 0 Å². The second kappa shape index (κ2) is 6.47. The van der Waals surface area contributed by atoms with Gasteiger partial charge in [-0.2, -0.15) is 0 Å². The second-order valence-corrected chi connectivity index (χ2v) is 7.14. The molecule has 1 atom stereocenters. The van der Waals surface area contributed by atoms with Gasteiger partial charge in [0.15, 0.2) is 0 Å². The maximum absolute atomic E-state index is 12.5. The fourth-order valence-electron chi connectivity index (χ4n) is 2.21. The van der Waals surface area contributed by atoms with Gasteiger partial charge in [-0.3, -0.25) is 10.1 Å². The van der Waals surface area contributed by atoms with Crippen LogP contribution in [-0.4, -0.2) is 13.3 Å². The number of aryl methyl sites for hydroxylation is 2. The zero-order chi connectivity index (χ0) is 17.2.